The van der Waals surface area contributed by atoms with Gasteiger partial charge in [0.1, 0.15) is 17.2 Å². The summed E-state index contributed by atoms with van der Waals surface area (Å²) in [5.74, 6) is -2.53. The Morgan fingerprint density at radius 2 is 2.05 bits per heavy atom. The van der Waals surface area contributed by atoms with Gasteiger partial charge in [-0.3, -0.25) is 4.79 Å². The third-order valence-corrected chi connectivity index (χ3v) is 3.09. The molecule has 0 saturated heterocycles. The minimum Gasteiger partial charge on any atom is -0.478 e. The van der Waals surface area contributed by atoms with Crippen molar-refractivity contribution < 1.29 is 19.1 Å². The molecule has 1 heterocycles. The van der Waals surface area contributed by atoms with Crippen LogP contribution < -0.4 is 5.32 Å². The Morgan fingerprint density at radius 3 is 2.70 bits per heavy atom. The number of halogens is 2. The van der Waals surface area contributed by atoms with E-state index in [2.05, 4.69) is 26.2 Å². The van der Waals surface area contributed by atoms with Gasteiger partial charge in [0.15, 0.2) is 0 Å². The van der Waals surface area contributed by atoms with Gasteiger partial charge in [-0.15, -0.1) is 0 Å². The zero-order valence-corrected chi connectivity index (χ0v) is 11.5. The van der Waals surface area contributed by atoms with Crippen LogP contribution in [0.1, 0.15) is 20.7 Å². The predicted octanol–water partition coefficient (Wildman–Crippen LogP) is 2.93. The van der Waals surface area contributed by atoms with Crippen LogP contribution in [0.15, 0.2) is 41.0 Å². The Bertz CT molecular complexity index is 691. The molecule has 20 heavy (non-hydrogen) atoms. The zero-order valence-electron chi connectivity index (χ0n) is 9.93. The van der Waals surface area contributed by atoms with E-state index < -0.39 is 17.7 Å². The van der Waals surface area contributed by atoms with Gasteiger partial charge in [0.2, 0.25) is 0 Å². The van der Waals surface area contributed by atoms with Crippen molar-refractivity contribution in [2.24, 2.45) is 0 Å². The summed E-state index contributed by atoms with van der Waals surface area (Å²) >= 11 is 2.98. The van der Waals surface area contributed by atoms with E-state index in [1.54, 1.807) is 0 Å². The molecular weight excluding hydrogens is 331 g/mol. The number of nitrogens with one attached hydrogen (secondary N) is 1. The van der Waals surface area contributed by atoms with Crippen LogP contribution in [0.5, 0.6) is 0 Å². The normalized spacial score (nSPS) is 10.1. The number of amides is 1. The molecule has 0 aliphatic carbocycles. The summed E-state index contributed by atoms with van der Waals surface area (Å²) < 4.78 is 13.6. The summed E-state index contributed by atoms with van der Waals surface area (Å²) in [6.45, 7) is 0. The Morgan fingerprint density at radius 1 is 1.30 bits per heavy atom. The molecule has 0 radical (unpaired) electrons. The SMILES string of the molecule is O=C(Nc1ncccc1C(=O)O)c1ccc(Br)c(F)c1. The predicted molar refractivity (Wildman–Crippen MR) is 73.2 cm³/mol. The second-order valence-corrected chi connectivity index (χ2v) is 4.64. The molecule has 0 saturated carbocycles. The Kier molecular flexibility index (Phi) is 4.09. The van der Waals surface area contributed by atoms with E-state index in [0.717, 1.165) is 6.07 Å². The first-order valence-electron chi connectivity index (χ1n) is 5.44. The monoisotopic (exact) mass is 338 g/mol. The molecule has 0 atom stereocenters. The van der Waals surface area contributed by atoms with E-state index in [4.69, 9.17) is 5.11 Å². The van der Waals surface area contributed by atoms with Gasteiger partial charge in [0, 0.05) is 11.8 Å². The van der Waals surface area contributed by atoms with Crippen molar-refractivity contribution in [1.29, 1.82) is 0 Å². The second-order valence-electron chi connectivity index (χ2n) is 3.79. The molecule has 0 spiro atoms. The number of hydrogen-bond donors (Lipinski definition) is 2. The first kappa shape index (κ1) is 14.1. The van der Waals surface area contributed by atoms with Crippen molar-refractivity contribution in [2.75, 3.05) is 5.32 Å². The maximum Gasteiger partial charge on any atom is 0.339 e. The number of anilines is 1. The van der Waals surface area contributed by atoms with E-state index in [1.807, 2.05) is 0 Å². The minimum absolute atomic E-state index is 0.0627. The fraction of sp³-hybridized carbons (Fsp3) is 0. The molecule has 0 fully saturated rings. The molecule has 0 aliphatic heterocycles. The molecule has 7 heteroatoms. The molecule has 1 aromatic heterocycles. The highest BCUT2D eigenvalue weighted by molar-refractivity contribution is 9.10. The lowest BCUT2D eigenvalue weighted by Crippen LogP contribution is -2.16. The van der Waals surface area contributed by atoms with Crippen LogP contribution in [-0.4, -0.2) is 22.0 Å². The van der Waals surface area contributed by atoms with Crippen LogP contribution in [0.25, 0.3) is 0 Å². The van der Waals surface area contributed by atoms with Crippen LogP contribution in [0, 0.1) is 5.82 Å². The summed E-state index contributed by atoms with van der Waals surface area (Å²) in [6, 6.07) is 6.60. The van der Waals surface area contributed by atoms with Crippen molar-refractivity contribution >= 4 is 33.6 Å². The highest BCUT2D eigenvalue weighted by atomic mass is 79.9. The fourth-order valence-corrected chi connectivity index (χ4v) is 1.74. The molecule has 1 amide bonds. The number of aromatic nitrogens is 1. The number of nitrogens with zero attached hydrogens (tertiary/aromatic N) is 1. The third kappa shape index (κ3) is 3.00. The molecule has 102 valence electrons. The highest BCUT2D eigenvalue weighted by Gasteiger charge is 2.15. The average molecular weight is 339 g/mol. The summed E-state index contributed by atoms with van der Waals surface area (Å²) in [5, 5.41) is 11.3. The topological polar surface area (TPSA) is 79.3 Å². The van der Waals surface area contributed by atoms with Gasteiger partial charge >= 0.3 is 5.97 Å². The Hall–Kier alpha value is -2.28. The van der Waals surface area contributed by atoms with Gasteiger partial charge in [-0.05, 0) is 46.3 Å². The molecule has 2 rings (SSSR count). The van der Waals surface area contributed by atoms with Gasteiger partial charge < -0.3 is 10.4 Å². The largest absolute Gasteiger partial charge is 0.478 e. The van der Waals surface area contributed by atoms with E-state index in [-0.39, 0.29) is 21.4 Å². The molecule has 1 aromatic carbocycles. The molecule has 0 bridgehead atoms. The molecule has 2 N–H and O–H groups in total. The average Bonchev–Trinajstić information content (AvgIpc) is 2.42. The molecule has 0 unspecified atom stereocenters. The summed E-state index contributed by atoms with van der Waals surface area (Å²) in [4.78, 5) is 26.7. The zero-order chi connectivity index (χ0) is 14.7. The fourth-order valence-electron chi connectivity index (χ4n) is 1.49. The van der Waals surface area contributed by atoms with Gasteiger partial charge in [0.05, 0.1) is 4.47 Å². The number of aromatic carboxylic acids is 1. The third-order valence-electron chi connectivity index (χ3n) is 2.45. The standard InChI is InChI=1S/C13H8BrFN2O3/c14-9-4-3-7(6-10(9)15)12(18)17-11-8(13(19)20)2-1-5-16-11/h1-6H,(H,19,20)(H,16,17,18). The van der Waals surface area contributed by atoms with E-state index in [1.165, 1.54) is 30.5 Å². The number of pyridine rings is 1. The quantitative estimate of drug-likeness (QED) is 0.901. The van der Waals surface area contributed by atoms with E-state index in [0.29, 0.717) is 0 Å². The number of carbonyl (C=O) groups is 2. The van der Waals surface area contributed by atoms with Gasteiger partial charge in [-0.2, -0.15) is 0 Å². The lowest BCUT2D eigenvalue weighted by Gasteiger charge is -2.07. The maximum atomic E-state index is 13.3. The second kappa shape index (κ2) is 5.79. The van der Waals surface area contributed by atoms with Crippen LogP contribution in [-0.2, 0) is 0 Å². The Labute approximate surface area is 121 Å². The summed E-state index contributed by atoms with van der Waals surface area (Å²) in [5.41, 5.74) is -0.0777. The van der Waals surface area contributed by atoms with Gasteiger partial charge in [0.25, 0.3) is 5.91 Å². The van der Waals surface area contributed by atoms with Gasteiger partial charge in [-0.1, -0.05) is 0 Å². The number of benzene rings is 1. The summed E-state index contributed by atoms with van der Waals surface area (Å²) in [6.07, 6.45) is 1.35. The molecule has 5 nitrogen and oxygen atoms in total. The van der Waals surface area contributed by atoms with Crippen molar-refractivity contribution in [1.82, 2.24) is 4.98 Å². The highest BCUT2D eigenvalue weighted by Crippen LogP contribution is 2.18. The minimum atomic E-state index is -1.21. The van der Waals surface area contributed by atoms with Crippen molar-refractivity contribution in [3.8, 4) is 0 Å². The van der Waals surface area contributed by atoms with Crippen LogP contribution >= 0.6 is 15.9 Å². The number of hydrogen-bond acceptors (Lipinski definition) is 3. The van der Waals surface area contributed by atoms with Crippen LogP contribution in [0.3, 0.4) is 0 Å². The number of carboxylic acids is 1. The van der Waals surface area contributed by atoms with E-state index in [9.17, 15) is 14.0 Å². The van der Waals surface area contributed by atoms with Crippen LogP contribution in [0.2, 0.25) is 0 Å². The van der Waals surface area contributed by atoms with Crippen LogP contribution in [0.4, 0.5) is 10.2 Å². The number of rotatable bonds is 3. The number of carbonyl (C=O) groups excluding carboxylic acids is 1. The molecule has 2 aromatic rings. The smallest absolute Gasteiger partial charge is 0.339 e. The summed E-state index contributed by atoms with van der Waals surface area (Å²) in [7, 11) is 0. The van der Waals surface area contributed by atoms with Crippen molar-refractivity contribution in [2.45, 2.75) is 0 Å². The lowest BCUT2D eigenvalue weighted by molar-refractivity contribution is 0.0697. The molecular formula is C13H8BrFN2O3. The lowest BCUT2D eigenvalue weighted by atomic mass is 10.2. The van der Waals surface area contributed by atoms with Crippen molar-refractivity contribution in [3.05, 3.63) is 57.9 Å². The maximum absolute atomic E-state index is 13.3. The van der Waals surface area contributed by atoms with Crippen molar-refractivity contribution in [3.63, 3.8) is 0 Å². The first-order valence-corrected chi connectivity index (χ1v) is 6.23. The Balaban J connectivity index is 2.28. The van der Waals surface area contributed by atoms with E-state index >= 15 is 0 Å². The van der Waals surface area contributed by atoms with Gasteiger partial charge in [-0.25, -0.2) is 14.2 Å². The molecule has 0 aliphatic rings. The first-order chi connectivity index (χ1) is 9.49. The number of carboxylic acid groups (broad SMARTS) is 1.